The van der Waals surface area contributed by atoms with Crippen LogP contribution in [0.25, 0.3) is 0 Å². The van der Waals surface area contributed by atoms with Crippen LogP contribution in [0, 0.1) is 0 Å². The number of benzene rings is 1. The highest BCUT2D eigenvalue weighted by atomic mass is 16.5. The first-order chi connectivity index (χ1) is 10.3. The Kier molecular flexibility index (Phi) is 6.34. The maximum Gasteiger partial charge on any atom is 0.257 e. The van der Waals surface area contributed by atoms with Crippen LogP contribution in [0.4, 0.5) is 0 Å². The molecule has 116 valence electrons. The highest BCUT2D eigenvalue weighted by Gasteiger charge is 2.10. The minimum absolute atomic E-state index is 0.0479. The minimum Gasteiger partial charge on any atom is -0.497 e. The van der Waals surface area contributed by atoms with Gasteiger partial charge in [-0.2, -0.15) is 0 Å². The summed E-state index contributed by atoms with van der Waals surface area (Å²) >= 11 is 0. The molecule has 0 aromatic heterocycles. The molecule has 0 spiro atoms. The number of ether oxygens (including phenoxy) is 2. The Morgan fingerprint density at radius 2 is 1.81 bits per heavy atom. The van der Waals surface area contributed by atoms with E-state index in [2.05, 4.69) is 10.2 Å². The highest BCUT2D eigenvalue weighted by molar-refractivity contribution is 5.77. The fourth-order valence-corrected chi connectivity index (χ4v) is 2.41. The molecule has 21 heavy (non-hydrogen) atoms. The van der Waals surface area contributed by atoms with Gasteiger partial charge in [-0.25, -0.2) is 0 Å². The second kappa shape index (κ2) is 8.52. The molecule has 1 aliphatic rings. The predicted molar refractivity (Wildman–Crippen MR) is 81.8 cm³/mol. The van der Waals surface area contributed by atoms with Crippen molar-refractivity contribution in [2.45, 2.75) is 19.3 Å². The summed E-state index contributed by atoms with van der Waals surface area (Å²) in [6.07, 6.45) is 3.88. The normalized spacial score (nSPS) is 15.5. The quantitative estimate of drug-likeness (QED) is 0.830. The van der Waals surface area contributed by atoms with Crippen molar-refractivity contribution >= 4 is 5.91 Å². The van der Waals surface area contributed by atoms with Crippen LogP contribution >= 0.6 is 0 Å². The van der Waals surface area contributed by atoms with Gasteiger partial charge in [0.25, 0.3) is 5.91 Å². The van der Waals surface area contributed by atoms with E-state index >= 15 is 0 Å². The van der Waals surface area contributed by atoms with Gasteiger partial charge in [0.2, 0.25) is 0 Å². The van der Waals surface area contributed by atoms with Crippen LogP contribution in [-0.2, 0) is 4.79 Å². The number of nitrogens with zero attached hydrogens (tertiary/aromatic N) is 1. The first-order valence-electron chi connectivity index (χ1n) is 7.54. The lowest BCUT2D eigenvalue weighted by Gasteiger charge is -2.26. The number of hydrogen-bond donors (Lipinski definition) is 1. The summed E-state index contributed by atoms with van der Waals surface area (Å²) in [5, 5.41) is 2.89. The van der Waals surface area contributed by atoms with E-state index < -0.39 is 0 Å². The standard InChI is InChI=1S/C16H24N2O3/c1-20-14-5-7-15(8-6-14)21-13-16(19)17-9-12-18-10-3-2-4-11-18/h5-8H,2-4,9-13H2,1H3,(H,17,19). The third kappa shape index (κ3) is 5.63. The topological polar surface area (TPSA) is 50.8 Å². The zero-order chi connectivity index (χ0) is 14.9. The second-order valence-corrected chi connectivity index (χ2v) is 5.22. The highest BCUT2D eigenvalue weighted by Crippen LogP contribution is 2.16. The van der Waals surface area contributed by atoms with Crippen molar-refractivity contribution < 1.29 is 14.3 Å². The summed E-state index contributed by atoms with van der Waals surface area (Å²) in [5.41, 5.74) is 0. The molecule has 5 nitrogen and oxygen atoms in total. The molecule has 0 saturated carbocycles. The maximum atomic E-state index is 11.7. The molecular formula is C16H24N2O3. The lowest BCUT2D eigenvalue weighted by Crippen LogP contribution is -2.39. The molecule has 1 amide bonds. The SMILES string of the molecule is COc1ccc(OCC(=O)NCCN2CCCCC2)cc1. The minimum atomic E-state index is -0.0807. The average Bonchev–Trinajstić information content (AvgIpc) is 2.54. The second-order valence-electron chi connectivity index (χ2n) is 5.22. The van der Waals surface area contributed by atoms with E-state index in [-0.39, 0.29) is 12.5 Å². The van der Waals surface area contributed by atoms with Crippen molar-refractivity contribution in [1.82, 2.24) is 10.2 Å². The summed E-state index contributed by atoms with van der Waals surface area (Å²) in [6.45, 7) is 3.96. The van der Waals surface area contributed by atoms with Crippen LogP contribution in [0.1, 0.15) is 19.3 Å². The molecule has 0 radical (unpaired) electrons. The Bertz CT molecular complexity index is 428. The van der Waals surface area contributed by atoms with Gasteiger partial charge in [-0.15, -0.1) is 0 Å². The number of likely N-dealkylation sites (tertiary alicyclic amines) is 1. The molecule has 5 heteroatoms. The molecule has 1 aromatic carbocycles. The van der Waals surface area contributed by atoms with E-state index in [1.54, 1.807) is 19.2 Å². The number of nitrogens with one attached hydrogen (secondary N) is 1. The summed E-state index contributed by atoms with van der Waals surface area (Å²) < 4.78 is 10.5. The number of piperidine rings is 1. The largest absolute Gasteiger partial charge is 0.497 e. The van der Waals surface area contributed by atoms with Gasteiger partial charge in [-0.3, -0.25) is 4.79 Å². The van der Waals surface area contributed by atoms with E-state index in [0.717, 1.165) is 25.4 Å². The number of carbonyl (C=O) groups excluding carboxylic acids is 1. The lowest BCUT2D eigenvalue weighted by atomic mass is 10.1. The van der Waals surface area contributed by atoms with E-state index in [9.17, 15) is 4.79 Å². The van der Waals surface area contributed by atoms with Crippen molar-refractivity contribution in [1.29, 1.82) is 0 Å². The van der Waals surface area contributed by atoms with Gasteiger partial charge >= 0.3 is 0 Å². The van der Waals surface area contributed by atoms with E-state index in [1.165, 1.54) is 19.3 Å². The Labute approximate surface area is 126 Å². The first-order valence-corrected chi connectivity index (χ1v) is 7.54. The van der Waals surface area contributed by atoms with Crippen molar-refractivity contribution in [3.8, 4) is 11.5 Å². The third-order valence-electron chi connectivity index (χ3n) is 3.63. The number of methoxy groups -OCH3 is 1. The third-order valence-corrected chi connectivity index (χ3v) is 3.63. The molecule has 0 unspecified atom stereocenters. The number of rotatable bonds is 7. The Balaban J connectivity index is 1.60. The Morgan fingerprint density at radius 1 is 1.14 bits per heavy atom. The fraction of sp³-hybridized carbons (Fsp3) is 0.562. The number of hydrogen-bond acceptors (Lipinski definition) is 4. The molecule has 1 saturated heterocycles. The van der Waals surface area contributed by atoms with Crippen molar-refractivity contribution in [3.05, 3.63) is 24.3 Å². The lowest BCUT2D eigenvalue weighted by molar-refractivity contribution is -0.123. The molecule has 1 heterocycles. The van der Waals surface area contributed by atoms with Crippen LogP contribution in [0.2, 0.25) is 0 Å². The van der Waals surface area contributed by atoms with E-state index in [1.807, 2.05) is 12.1 Å². The fourth-order valence-electron chi connectivity index (χ4n) is 2.41. The van der Waals surface area contributed by atoms with Crippen LogP contribution in [-0.4, -0.2) is 50.7 Å². The molecule has 1 aliphatic heterocycles. The van der Waals surface area contributed by atoms with E-state index in [4.69, 9.17) is 9.47 Å². The van der Waals surface area contributed by atoms with Gasteiger partial charge in [0.1, 0.15) is 11.5 Å². The van der Waals surface area contributed by atoms with Gasteiger partial charge < -0.3 is 19.7 Å². The van der Waals surface area contributed by atoms with Gasteiger partial charge in [0, 0.05) is 13.1 Å². The number of amides is 1. The molecule has 2 rings (SSSR count). The van der Waals surface area contributed by atoms with Crippen LogP contribution in [0.15, 0.2) is 24.3 Å². The summed E-state index contributed by atoms with van der Waals surface area (Å²) in [6, 6.07) is 7.20. The number of carbonyl (C=O) groups is 1. The molecular weight excluding hydrogens is 268 g/mol. The first kappa shape index (κ1) is 15.6. The van der Waals surface area contributed by atoms with Gasteiger partial charge in [0.15, 0.2) is 6.61 Å². The summed E-state index contributed by atoms with van der Waals surface area (Å²) in [4.78, 5) is 14.1. The molecule has 0 atom stereocenters. The van der Waals surface area contributed by atoms with Crippen molar-refractivity contribution in [3.63, 3.8) is 0 Å². The average molecular weight is 292 g/mol. The van der Waals surface area contributed by atoms with Crippen molar-refractivity contribution in [2.75, 3.05) is 39.9 Å². The zero-order valence-corrected chi connectivity index (χ0v) is 12.6. The van der Waals surface area contributed by atoms with Crippen molar-refractivity contribution in [2.24, 2.45) is 0 Å². The van der Waals surface area contributed by atoms with Gasteiger partial charge in [0.05, 0.1) is 7.11 Å². The van der Waals surface area contributed by atoms with Gasteiger partial charge in [-0.05, 0) is 50.2 Å². The Hall–Kier alpha value is -1.75. The Morgan fingerprint density at radius 3 is 2.48 bits per heavy atom. The summed E-state index contributed by atoms with van der Waals surface area (Å²) in [7, 11) is 1.62. The summed E-state index contributed by atoms with van der Waals surface area (Å²) in [5.74, 6) is 1.36. The molecule has 1 fully saturated rings. The van der Waals surface area contributed by atoms with E-state index in [0.29, 0.717) is 12.3 Å². The van der Waals surface area contributed by atoms with Gasteiger partial charge in [-0.1, -0.05) is 6.42 Å². The zero-order valence-electron chi connectivity index (χ0n) is 12.6. The molecule has 1 aromatic rings. The van der Waals surface area contributed by atoms with Crippen LogP contribution in [0.5, 0.6) is 11.5 Å². The smallest absolute Gasteiger partial charge is 0.257 e. The molecule has 0 aliphatic carbocycles. The monoisotopic (exact) mass is 292 g/mol. The van der Waals surface area contributed by atoms with Crippen LogP contribution in [0.3, 0.4) is 0 Å². The molecule has 0 bridgehead atoms. The predicted octanol–water partition coefficient (Wildman–Crippen LogP) is 1.68. The maximum absolute atomic E-state index is 11.7. The molecule has 1 N–H and O–H groups in total. The van der Waals surface area contributed by atoms with Crippen LogP contribution < -0.4 is 14.8 Å².